The molecule has 178 valence electrons. The summed E-state index contributed by atoms with van der Waals surface area (Å²) < 4.78 is 5.67. The van der Waals surface area contributed by atoms with Gasteiger partial charge in [0.05, 0.1) is 0 Å². The smallest absolute Gasteiger partial charge is 0.407 e. The number of nitrogens with one attached hydrogen (secondary N) is 2. The first-order chi connectivity index (χ1) is 16.5. The van der Waals surface area contributed by atoms with Crippen molar-refractivity contribution in [3.8, 4) is 11.1 Å². The third-order valence-electron chi connectivity index (χ3n) is 7.86. The number of aliphatic carboxylic acids is 1. The van der Waals surface area contributed by atoms with Crippen LogP contribution in [0.2, 0.25) is 0 Å². The van der Waals surface area contributed by atoms with Gasteiger partial charge in [-0.2, -0.15) is 0 Å². The molecule has 2 aromatic rings. The van der Waals surface area contributed by atoms with E-state index in [1.807, 2.05) is 24.3 Å². The highest BCUT2D eigenvalue weighted by atomic mass is 16.5. The van der Waals surface area contributed by atoms with Gasteiger partial charge in [-0.3, -0.25) is 4.79 Å². The van der Waals surface area contributed by atoms with Gasteiger partial charge < -0.3 is 20.5 Å². The number of carboxylic acid groups (broad SMARTS) is 1. The number of carboxylic acids is 1. The van der Waals surface area contributed by atoms with Crippen molar-refractivity contribution in [2.45, 2.75) is 50.6 Å². The van der Waals surface area contributed by atoms with Gasteiger partial charge in [0.15, 0.2) is 0 Å². The summed E-state index contributed by atoms with van der Waals surface area (Å²) in [5.41, 5.74) is 4.74. The second kappa shape index (κ2) is 9.12. The van der Waals surface area contributed by atoms with Gasteiger partial charge in [-0.15, -0.1) is 0 Å². The van der Waals surface area contributed by atoms with E-state index in [1.54, 1.807) is 6.92 Å². The monoisotopic (exact) mass is 462 g/mol. The van der Waals surface area contributed by atoms with Crippen molar-refractivity contribution >= 4 is 18.0 Å². The molecule has 0 heterocycles. The predicted molar refractivity (Wildman–Crippen MR) is 126 cm³/mol. The van der Waals surface area contributed by atoms with Crippen molar-refractivity contribution in [3.63, 3.8) is 0 Å². The van der Waals surface area contributed by atoms with Crippen LogP contribution in [0.15, 0.2) is 48.5 Å². The molecule has 3 N–H and O–H groups in total. The molecule has 3 aliphatic carbocycles. The zero-order valence-electron chi connectivity index (χ0n) is 19.2. The van der Waals surface area contributed by atoms with Gasteiger partial charge in [-0.05, 0) is 59.8 Å². The van der Waals surface area contributed by atoms with Crippen LogP contribution in [0, 0.1) is 17.8 Å². The van der Waals surface area contributed by atoms with Crippen molar-refractivity contribution in [2.75, 3.05) is 6.61 Å². The minimum atomic E-state index is -1.01. The second-order valence-electron chi connectivity index (χ2n) is 9.71. The Kier molecular flexibility index (Phi) is 6.02. The van der Waals surface area contributed by atoms with Gasteiger partial charge in [-0.1, -0.05) is 55.5 Å². The number of hydrogen-bond acceptors (Lipinski definition) is 4. The highest BCUT2D eigenvalue weighted by Crippen LogP contribution is 2.50. The van der Waals surface area contributed by atoms with E-state index in [2.05, 4.69) is 34.9 Å². The molecule has 0 aliphatic heterocycles. The number of carbonyl (C=O) groups excluding carboxylic acids is 2. The number of rotatable bonds is 7. The largest absolute Gasteiger partial charge is 0.480 e. The summed E-state index contributed by atoms with van der Waals surface area (Å²) in [6.07, 6.45) is 2.17. The van der Waals surface area contributed by atoms with Crippen LogP contribution in [0.25, 0.3) is 11.1 Å². The Labute approximate surface area is 198 Å². The topological polar surface area (TPSA) is 105 Å². The molecule has 2 amide bonds. The molecule has 0 radical (unpaired) electrons. The summed E-state index contributed by atoms with van der Waals surface area (Å²) in [4.78, 5) is 36.4. The zero-order chi connectivity index (χ0) is 23.8. The standard InChI is InChI=1S/C27H30N2O5/c1-2-23(26(31)32)28-25(30)16-11-15-13-24(21(15)12-16)29-27(33)34-14-22-19-9-5-3-7-17(19)18-8-4-6-10-20(18)22/h3-10,15-16,21-24H,2,11-14H2,1H3,(H,28,30)(H,29,33)(H,31,32)/t15-,16?,21-,23-,24+/m1/s1. The fourth-order valence-electron chi connectivity index (χ4n) is 6.03. The SMILES string of the molecule is CC[C@@H](NC(=O)C1C[C@@H]2C[C@H](NC(=O)OCC3c4ccccc4-c4ccccc43)[C@@H]2C1)C(=O)O. The molecule has 0 aromatic heterocycles. The maximum atomic E-state index is 12.6. The second-order valence-corrected chi connectivity index (χ2v) is 9.71. The molecule has 0 bridgehead atoms. The average Bonchev–Trinajstić information content (AvgIpc) is 3.34. The molecule has 7 heteroatoms. The normalized spacial score (nSPS) is 25.3. The van der Waals surface area contributed by atoms with E-state index in [4.69, 9.17) is 4.74 Å². The van der Waals surface area contributed by atoms with Gasteiger partial charge in [0, 0.05) is 17.9 Å². The minimum absolute atomic E-state index is 0.0000959. The molecule has 0 spiro atoms. The molecule has 2 saturated carbocycles. The molecule has 34 heavy (non-hydrogen) atoms. The maximum absolute atomic E-state index is 12.6. The summed E-state index contributed by atoms with van der Waals surface area (Å²) in [5, 5.41) is 14.8. The van der Waals surface area contributed by atoms with E-state index in [9.17, 15) is 19.5 Å². The van der Waals surface area contributed by atoms with Crippen LogP contribution < -0.4 is 10.6 Å². The predicted octanol–water partition coefficient (Wildman–Crippen LogP) is 3.92. The third kappa shape index (κ3) is 4.04. The quantitative estimate of drug-likeness (QED) is 0.579. The van der Waals surface area contributed by atoms with Crippen molar-refractivity contribution in [3.05, 3.63) is 59.7 Å². The van der Waals surface area contributed by atoms with E-state index in [0.717, 1.165) is 12.8 Å². The van der Waals surface area contributed by atoms with Gasteiger partial charge in [0.2, 0.25) is 5.91 Å². The van der Waals surface area contributed by atoms with Crippen molar-refractivity contribution < 1.29 is 24.2 Å². The number of benzene rings is 2. The number of ether oxygens (including phenoxy) is 1. The first-order valence-corrected chi connectivity index (χ1v) is 12.1. The Morgan fingerprint density at radius 2 is 1.65 bits per heavy atom. The van der Waals surface area contributed by atoms with Gasteiger partial charge in [0.25, 0.3) is 0 Å². The molecule has 2 aromatic carbocycles. The summed E-state index contributed by atoms with van der Waals surface area (Å²) in [5.74, 6) is -0.749. The highest BCUT2D eigenvalue weighted by molar-refractivity contribution is 5.85. The number of fused-ring (bicyclic) bond motifs is 4. The van der Waals surface area contributed by atoms with E-state index in [1.165, 1.54) is 22.3 Å². The fraction of sp³-hybridized carbons (Fsp3) is 0.444. The minimum Gasteiger partial charge on any atom is -0.480 e. The lowest BCUT2D eigenvalue weighted by atomic mass is 9.71. The highest BCUT2D eigenvalue weighted by Gasteiger charge is 2.50. The Bertz CT molecular complexity index is 1070. The van der Waals surface area contributed by atoms with E-state index >= 15 is 0 Å². The van der Waals surface area contributed by atoms with E-state index < -0.39 is 18.1 Å². The van der Waals surface area contributed by atoms with Crippen LogP contribution in [-0.2, 0) is 14.3 Å². The summed E-state index contributed by atoms with van der Waals surface area (Å²) in [7, 11) is 0. The molecule has 0 saturated heterocycles. The summed E-state index contributed by atoms with van der Waals surface area (Å²) in [6, 6.07) is 15.6. The molecule has 5 atom stereocenters. The lowest BCUT2D eigenvalue weighted by Gasteiger charge is -2.40. The van der Waals surface area contributed by atoms with Crippen LogP contribution in [0.5, 0.6) is 0 Å². The lowest BCUT2D eigenvalue weighted by molar-refractivity contribution is -0.142. The molecule has 5 rings (SSSR count). The van der Waals surface area contributed by atoms with Crippen LogP contribution in [-0.4, -0.2) is 41.8 Å². The molecule has 7 nitrogen and oxygen atoms in total. The molecule has 2 fully saturated rings. The lowest BCUT2D eigenvalue weighted by Crippen LogP contribution is -2.50. The maximum Gasteiger partial charge on any atom is 0.407 e. The van der Waals surface area contributed by atoms with Gasteiger partial charge >= 0.3 is 12.1 Å². The number of amides is 2. The Balaban J connectivity index is 1.14. The van der Waals surface area contributed by atoms with Crippen LogP contribution in [0.1, 0.15) is 49.7 Å². The first-order valence-electron chi connectivity index (χ1n) is 12.1. The first kappa shape index (κ1) is 22.4. The zero-order valence-corrected chi connectivity index (χ0v) is 19.2. The Morgan fingerprint density at radius 3 is 2.26 bits per heavy atom. The van der Waals surface area contributed by atoms with E-state index in [-0.39, 0.29) is 36.3 Å². The molecule has 1 unspecified atom stereocenters. The van der Waals surface area contributed by atoms with Gasteiger partial charge in [-0.25, -0.2) is 9.59 Å². The number of carbonyl (C=O) groups is 3. The molecular formula is C27H30N2O5. The Hall–Kier alpha value is -3.35. The van der Waals surface area contributed by atoms with Crippen molar-refractivity contribution in [1.82, 2.24) is 10.6 Å². The molecule has 3 aliphatic rings. The average molecular weight is 463 g/mol. The summed E-state index contributed by atoms with van der Waals surface area (Å²) in [6.45, 7) is 2.02. The number of alkyl carbamates (subject to hydrolysis) is 1. The third-order valence-corrected chi connectivity index (χ3v) is 7.86. The fourth-order valence-corrected chi connectivity index (χ4v) is 6.03. The van der Waals surface area contributed by atoms with Gasteiger partial charge in [0.1, 0.15) is 12.6 Å². The number of hydrogen-bond donors (Lipinski definition) is 3. The van der Waals surface area contributed by atoms with Crippen molar-refractivity contribution in [1.29, 1.82) is 0 Å². The van der Waals surface area contributed by atoms with Crippen LogP contribution >= 0.6 is 0 Å². The molecular weight excluding hydrogens is 432 g/mol. The van der Waals surface area contributed by atoms with Crippen molar-refractivity contribution in [2.24, 2.45) is 17.8 Å². The van der Waals surface area contributed by atoms with E-state index in [0.29, 0.717) is 18.8 Å². The summed E-state index contributed by atoms with van der Waals surface area (Å²) >= 11 is 0. The van der Waals surface area contributed by atoms with Crippen LogP contribution in [0.3, 0.4) is 0 Å². The van der Waals surface area contributed by atoms with Crippen LogP contribution in [0.4, 0.5) is 4.79 Å². The Morgan fingerprint density at radius 1 is 1.00 bits per heavy atom.